The Labute approximate surface area is 199 Å². The number of rotatable bonds is 3. The molecule has 1 aromatic carbocycles. The molecule has 2 aliphatic heterocycles. The van der Waals surface area contributed by atoms with Crippen LogP contribution in [-0.2, 0) is 16.8 Å². The van der Waals surface area contributed by atoms with E-state index in [1.807, 2.05) is 0 Å². The van der Waals surface area contributed by atoms with E-state index in [4.69, 9.17) is 4.74 Å². The van der Waals surface area contributed by atoms with Crippen LogP contribution in [0.5, 0.6) is 5.75 Å². The normalized spacial score (nSPS) is 26.4. The van der Waals surface area contributed by atoms with Crippen LogP contribution in [0.4, 0.5) is 8.78 Å². The molecule has 3 atom stereocenters. The van der Waals surface area contributed by atoms with Crippen LogP contribution in [0.3, 0.4) is 0 Å². The lowest BCUT2D eigenvalue weighted by atomic mass is 9.87. The summed E-state index contributed by atoms with van der Waals surface area (Å²) in [5.74, 6) is -3.55. The van der Waals surface area contributed by atoms with E-state index in [9.17, 15) is 28.3 Å². The fraction of sp³-hybridized carbons (Fsp3) is 0.480. The predicted molar refractivity (Wildman–Crippen MR) is 119 cm³/mol. The summed E-state index contributed by atoms with van der Waals surface area (Å²) in [7, 11) is 0. The third-order valence-corrected chi connectivity index (χ3v) is 7.96. The zero-order valence-corrected chi connectivity index (χ0v) is 18.9. The molecule has 3 heterocycles. The average molecular weight is 485 g/mol. The Morgan fingerprint density at radius 1 is 1.17 bits per heavy atom. The number of halogens is 2. The van der Waals surface area contributed by atoms with Crippen molar-refractivity contribution >= 4 is 11.8 Å². The Kier molecular flexibility index (Phi) is 5.00. The Morgan fingerprint density at radius 3 is 2.69 bits per heavy atom. The van der Waals surface area contributed by atoms with Crippen LogP contribution in [-0.4, -0.2) is 44.8 Å². The monoisotopic (exact) mass is 485 g/mol. The van der Waals surface area contributed by atoms with Gasteiger partial charge in [0.2, 0.25) is 5.43 Å². The summed E-state index contributed by atoms with van der Waals surface area (Å²) >= 11 is 0. The standard InChI is InChI=1S/C25H25F2N3O5/c26-13-3-6-17(18(27)9-13)25(7-1-2-8-25)28-23(33)16-11-29-12-19-30(14-4-5-15(10-14)35-19)24(34)20(29)22(32)21(16)31/h3,6,9,11,14-15,19,32H,1-2,4-5,7-8,10,12H2,(H,28,33)/t14-,15+,19?/m1/s1. The first kappa shape index (κ1) is 22.2. The van der Waals surface area contributed by atoms with Gasteiger partial charge in [-0.05, 0) is 38.2 Å². The maximum absolute atomic E-state index is 14.7. The van der Waals surface area contributed by atoms with Crippen LogP contribution >= 0.6 is 0 Å². The van der Waals surface area contributed by atoms with Gasteiger partial charge >= 0.3 is 0 Å². The molecule has 6 rings (SSSR count). The molecule has 10 heteroatoms. The number of carbonyl (C=O) groups is 2. The fourth-order valence-electron chi connectivity index (χ4n) is 6.32. The number of aromatic nitrogens is 1. The summed E-state index contributed by atoms with van der Waals surface area (Å²) in [5, 5.41) is 13.5. The molecule has 2 amide bonds. The molecule has 1 aromatic heterocycles. The summed E-state index contributed by atoms with van der Waals surface area (Å²) in [4.78, 5) is 41.2. The van der Waals surface area contributed by atoms with Crippen molar-refractivity contribution in [2.75, 3.05) is 0 Å². The SMILES string of the molecule is O=C(NC1(c2ccc(F)cc2F)CCCC1)c1cn2c(c(O)c1=O)C(=O)N1C(C2)O[C@H]2CC[C@@H]1C2. The number of nitrogens with zero attached hydrogens (tertiary/aromatic N) is 2. The molecular weight excluding hydrogens is 460 g/mol. The Hall–Kier alpha value is -3.27. The van der Waals surface area contributed by atoms with Crippen LogP contribution in [0.25, 0.3) is 0 Å². The number of hydrogen-bond donors (Lipinski definition) is 2. The van der Waals surface area contributed by atoms with Crippen molar-refractivity contribution in [1.82, 2.24) is 14.8 Å². The summed E-state index contributed by atoms with van der Waals surface area (Å²) in [6.45, 7) is 0.180. The number of pyridine rings is 1. The van der Waals surface area contributed by atoms with Gasteiger partial charge in [0.15, 0.2) is 17.7 Å². The number of nitrogens with one attached hydrogen (secondary N) is 1. The summed E-state index contributed by atoms with van der Waals surface area (Å²) in [6.07, 6.45) is 5.47. The largest absolute Gasteiger partial charge is 0.503 e. The number of fused-ring (bicyclic) bond motifs is 5. The van der Waals surface area contributed by atoms with Crippen molar-refractivity contribution in [3.05, 3.63) is 63.1 Å². The van der Waals surface area contributed by atoms with Gasteiger partial charge in [-0.25, -0.2) is 8.78 Å². The molecule has 0 spiro atoms. The molecule has 4 aliphatic rings. The molecule has 184 valence electrons. The van der Waals surface area contributed by atoms with Crippen LogP contribution in [0.2, 0.25) is 0 Å². The molecular formula is C25H25F2N3O5. The molecule has 3 fully saturated rings. The number of hydrogen-bond acceptors (Lipinski definition) is 5. The first-order valence-corrected chi connectivity index (χ1v) is 12.0. The first-order valence-electron chi connectivity index (χ1n) is 12.0. The van der Waals surface area contributed by atoms with Gasteiger partial charge in [0.05, 0.1) is 18.2 Å². The quantitative estimate of drug-likeness (QED) is 0.697. The molecule has 2 saturated carbocycles. The number of carbonyl (C=O) groups excluding carboxylic acids is 2. The van der Waals surface area contributed by atoms with Gasteiger partial charge in [0.25, 0.3) is 11.8 Å². The number of aromatic hydroxyl groups is 1. The molecule has 0 radical (unpaired) electrons. The second kappa shape index (κ2) is 7.87. The molecule has 1 unspecified atom stereocenters. The van der Waals surface area contributed by atoms with E-state index >= 15 is 0 Å². The van der Waals surface area contributed by atoms with E-state index in [1.165, 1.54) is 16.8 Å². The minimum atomic E-state index is -1.10. The fourth-order valence-corrected chi connectivity index (χ4v) is 6.32. The lowest BCUT2D eigenvalue weighted by molar-refractivity contribution is -0.132. The Balaban J connectivity index is 1.36. The minimum absolute atomic E-state index is 0.00491. The molecule has 8 nitrogen and oxygen atoms in total. The van der Waals surface area contributed by atoms with Gasteiger partial charge in [-0.3, -0.25) is 14.4 Å². The van der Waals surface area contributed by atoms with E-state index < -0.39 is 46.4 Å². The van der Waals surface area contributed by atoms with Crippen LogP contribution in [0.15, 0.2) is 29.2 Å². The zero-order chi connectivity index (χ0) is 24.5. The molecule has 35 heavy (non-hydrogen) atoms. The van der Waals surface area contributed by atoms with Gasteiger partial charge in [0.1, 0.15) is 17.2 Å². The van der Waals surface area contributed by atoms with E-state index in [0.29, 0.717) is 12.8 Å². The third kappa shape index (κ3) is 3.37. The lowest BCUT2D eigenvalue weighted by Gasteiger charge is -2.44. The number of benzene rings is 1. The van der Waals surface area contributed by atoms with Crippen molar-refractivity contribution < 1.29 is 28.2 Å². The highest BCUT2D eigenvalue weighted by molar-refractivity contribution is 5.99. The zero-order valence-electron chi connectivity index (χ0n) is 18.9. The van der Waals surface area contributed by atoms with Crippen LogP contribution in [0, 0.1) is 11.6 Å². The number of ether oxygens (including phenoxy) is 1. The van der Waals surface area contributed by atoms with E-state index in [-0.39, 0.29) is 35.5 Å². The van der Waals surface area contributed by atoms with E-state index in [0.717, 1.165) is 44.2 Å². The van der Waals surface area contributed by atoms with Crippen molar-refractivity contribution in [2.45, 2.75) is 75.4 Å². The van der Waals surface area contributed by atoms with Crippen LogP contribution < -0.4 is 10.7 Å². The molecule has 2 aliphatic carbocycles. The lowest BCUT2D eigenvalue weighted by Crippen LogP contribution is -2.57. The van der Waals surface area contributed by atoms with Crippen molar-refractivity contribution in [3.8, 4) is 5.75 Å². The second-order valence-corrected chi connectivity index (χ2v) is 9.98. The van der Waals surface area contributed by atoms with E-state index in [1.54, 1.807) is 4.90 Å². The van der Waals surface area contributed by atoms with Crippen molar-refractivity contribution in [1.29, 1.82) is 0 Å². The highest BCUT2D eigenvalue weighted by Crippen LogP contribution is 2.41. The first-order chi connectivity index (χ1) is 16.8. The topological polar surface area (TPSA) is 101 Å². The van der Waals surface area contributed by atoms with E-state index in [2.05, 4.69) is 5.32 Å². The molecule has 2 N–H and O–H groups in total. The van der Waals surface area contributed by atoms with Crippen molar-refractivity contribution in [2.24, 2.45) is 0 Å². The van der Waals surface area contributed by atoms with Gasteiger partial charge in [-0.1, -0.05) is 18.9 Å². The number of amides is 2. The Bertz CT molecular complexity index is 1300. The third-order valence-electron chi connectivity index (χ3n) is 7.96. The van der Waals surface area contributed by atoms with Gasteiger partial charge in [0, 0.05) is 23.9 Å². The summed E-state index contributed by atoms with van der Waals surface area (Å²) in [6, 6.07) is 3.23. The van der Waals surface area contributed by atoms with Gasteiger partial charge in [-0.15, -0.1) is 0 Å². The summed E-state index contributed by atoms with van der Waals surface area (Å²) < 4.78 is 35.6. The highest BCUT2D eigenvalue weighted by Gasteiger charge is 2.48. The molecule has 2 bridgehead atoms. The minimum Gasteiger partial charge on any atom is -0.503 e. The molecule has 2 aromatic rings. The van der Waals surface area contributed by atoms with Crippen LogP contribution in [0.1, 0.15) is 71.4 Å². The maximum atomic E-state index is 14.7. The maximum Gasteiger partial charge on any atom is 0.276 e. The Morgan fingerprint density at radius 2 is 1.94 bits per heavy atom. The molecule has 1 saturated heterocycles. The van der Waals surface area contributed by atoms with Gasteiger partial charge < -0.3 is 24.6 Å². The highest BCUT2D eigenvalue weighted by atomic mass is 19.1. The smallest absolute Gasteiger partial charge is 0.276 e. The van der Waals surface area contributed by atoms with Gasteiger partial charge in [-0.2, -0.15) is 0 Å². The average Bonchev–Trinajstić information content (AvgIpc) is 3.43. The predicted octanol–water partition coefficient (Wildman–Crippen LogP) is 2.76. The second-order valence-electron chi connectivity index (χ2n) is 9.98. The summed E-state index contributed by atoms with van der Waals surface area (Å²) in [5.41, 5.74) is -2.41. The van der Waals surface area contributed by atoms with Crippen molar-refractivity contribution in [3.63, 3.8) is 0 Å².